The second-order valence-corrected chi connectivity index (χ2v) is 6.66. The van der Waals surface area contributed by atoms with Crippen molar-refractivity contribution in [2.24, 2.45) is 11.8 Å². The maximum absolute atomic E-state index is 12.6. The molecule has 1 aliphatic carbocycles. The molecule has 1 saturated heterocycles. The fourth-order valence-electron chi connectivity index (χ4n) is 3.05. The third-order valence-corrected chi connectivity index (χ3v) is 4.70. The summed E-state index contributed by atoms with van der Waals surface area (Å²) in [5.41, 5.74) is 0.450. The van der Waals surface area contributed by atoms with E-state index in [1.807, 2.05) is 0 Å². The van der Waals surface area contributed by atoms with Gasteiger partial charge in [-0.2, -0.15) is 0 Å². The zero-order valence-electron chi connectivity index (χ0n) is 13.5. The standard InChI is InChI=1S/C18H22N2O4/c21-16(19-10-12-6-7-12)15-5-2-8-20(11-15)17(22)13-3-1-4-14(9-13)18(23)24/h1,3-4,9,12,15H,2,5-8,10-11H2,(H,19,21)(H,23,24). The molecule has 1 aromatic carbocycles. The third-order valence-electron chi connectivity index (χ3n) is 4.70. The minimum absolute atomic E-state index is 0.0266. The van der Waals surface area contributed by atoms with Crippen LogP contribution in [0, 0.1) is 11.8 Å². The van der Waals surface area contributed by atoms with Gasteiger partial charge in [-0.15, -0.1) is 0 Å². The van der Waals surface area contributed by atoms with E-state index in [1.165, 1.54) is 25.0 Å². The van der Waals surface area contributed by atoms with Crippen LogP contribution < -0.4 is 5.32 Å². The number of nitrogens with one attached hydrogen (secondary N) is 1. The van der Waals surface area contributed by atoms with Crippen LogP contribution in [0.1, 0.15) is 46.4 Å². The molecule has 128 valence electrons. The van der Waals surface area contributed by atoms with Crippen molar-refractivity contribution >= 4 is 17.8 Å². The Kier molecular flexibility index (Phi) is 4.83. The molecular formula is C18H22N2O4. The number of nitrogens with zero attached hydrogens (tertiary/aromatic N) is 1. The molecule has 6 nitrogen and oxygen atoms in total. The highest BCUT2D eigenvalue weighted by molar-refractivity contribution is 5.97. The molecule has 2 N–H and O–H groups in total. The van der Waals surface area contributed by atoms with E-state index in [4.69, 9.17) is 5.11 Å². The molecule has 2 amide bonds. The van der Waals surface area contributed by atoms with Gasteiger partial charge in [0.05, 0.1) is 11.5 Å². The van der Waals surface area contributed by atoms with Crippen LogP contribution in [-0.2, 0) is 4.79 Å². The fraction of sp³-hybridized carbons (Fsp3) is 0.500. The zero-order valence-corrected chi connectivity index (χ0v) is 13.5. The van der Waals surface area contributed by atoms with Crippen LogP contribution in [0.15, 0.2) is 24.3 Å². The molecule has 1 aromatic rings. The number of carbonyl (C=O) groups excluding carboxylic acids is 2. The van der Waals surface area contributed by atoms with Crippen LogP contribution in [0.5, 0.6) is 0 Å². The maximum atomic E-state index is 12.6. The average molecular weight is 330 g/mol. The molecule has 24 heavy (non-hydrogen) atoms. The minimum Gasteiger partial charge on any atom is -0.478 e. The average Bonchev–Trinajstić information content (AvgIpc) is 3.43. The van der Waals surface area contributed by atoms with E-state index < -0.39 is 5.97 Å². The molecule has 0 aromatic heterocycles. The molecule has 6 heteroatoms. The Morgan fingerprint density at radius 3 is 2.62 bits per heavy atom. The van der Waals surface area contributed by atoms with Crippen LogP contribution in [0.4, 0.5) is 0 Å². The topological polar surface area (TPSA) is 86.7 Å². The van der Waals surface area contributed by atoms with Crippen molar-refractivity contribution in [3.8, 4) is 0 Å². The molecule has 0 bridgehead atoms. The van der Waals surface area contributed by atoms with E-state index in [0.29, 0.717) is 24.6 Å². The molecule has 3 rings (SSSR count). The lowest BCUT2D eigenvalue weighted by atomic mass is 9.96. The van der Waals surface area contributed by atoms with Crippen LogP contribution in [0.2, 0.25) is 0 Å². The number of aromatic carboxylic acids is 1. The third kappa shape index (κ3) is 3.93. The first-order valence-electron chi connectivity index (χ1n) is 8.45. The quantitative estimate of drug-likeness (QED) is 0.861. The molecule has 1 aliphatic heterocycles. The van der Waals surface area contributed by atoms with E-state index in [1.54, 1.807) is 17.0 Å². The van der Waals surface area contributed by atoms with Gasteiger partial charge in [-0.25, -0.2) is 4.79 Å². The predicted octanol–water partition coefficient (Wildman–Crippen LogP) is 1.76. The van der Waals surface area contributed by atoms with Gasteiger partial charge in [-0.3, -0.25) is 9.59 Å². The number of amides is 2. The van der Waals surface area contributed by atoms with E-state index >= 15 is 0 Å². The van der Waals surface area contributed by atoms with Gasteiger partial charge in [0, 0.05) is 25.2 Å². The van der Waals surface area contributed by atoms with Gasteiger partial charge < -0.3 is 15.3 Å². The highest BCUT2D eigenvalue weighted by Crippen LogP contribution is 2.28. The first-order valence-corrected chi connectivity index (χ1v) is 8.45. The minimum atomic E-state index is -1.05. The van der Waals surface area contributed by atoms with Crippen LogP contribution >= 0.6 is 0 Å². The number of piperidine rings is 1. The predicted molar refractivity (Wildman–Crippen MR) is 87.8 cm³/mol. The second-order valence-electron chi connectivity index (χ2n) is 6.66. The van der Waals surface area contributed by atoms with Gasteiger partial charge in [-0.1, -0.05) is 6.07 Å². The summed E-state index contributed by atoms with van der Waals surface area (Å²) < 4.78 is 0. The van der Waals surface area contributed by atoms with Gasteiger partial charge in [0.15, 0.2) is 0 Å². The number of carboxylic acids is 1. The molecule has 1 saturated carbocycles. The number of hydrogen-bond donors (Lipinski definition) is 2. The molecular weight excluding hydrogens is 308 g/mol. The first-order chi connectivity index (χ1) is 11.5. The van der Waals surface area contributed by atoms with Crippen molar-refractivity contribution in [2.75, 3.05) is 19.6 Å². The van der Waals surface area contributed by atoms with E-state index in [-0.39, 0.29) is 23.3 Å². The van der Waals surface area contributed by atoms with E-state index in [2.05, 4.69) is 5.32 Å². The van der Waals surface area contributed by atoms with Crippen molar-refractivity contribution < 1.29 is 19.5 Å². The number of carbonyl (C=O) groups is 3. The molecule has 2 aliphatic rings. The Bertz CT molecular complexity index is 654. The summed E-state index contributed by atoms with van der Waals surface area (Å²) in [6, 6.07) is 6.04. The summed E-state index contributed by atoms with van der Waals surface area (Å²) in [6.45, 7) is 1.74. The van der Waals surface area contributed by atoms with Crippen LogP contribution in [-0.4, -0.2) is 47.4 Å². The molecule has 2 fully saturated rings. The van der Waals surface area contributed by atoms with Crippen molar-refractivity contribution in [1.82, 2.24) is 10.2 Å². The lowest BCUT2D eigenvalue weighted by Crippen LogP contribution is -2.45. The molecule has 0 spiro atoms. The van der Waals surface area contributed by atoms with Crippen LogP contribution in [0.3, 0.4) is 0 Å². The number of benzene rings is 1. The summed E-state index contributed by atoms with van der Waals surface area (Å²) in [4.78, 5) is 37.6. The summed E-state index contributed by atoms with van der Waals surface area (Å²) >= 11 is 0. The second kappa shape index (κ2) is 7.03. The summed E-state index contributed by atoms with van der Waals surface area (Å²) in [5.74, 6) is -0.782. The smallest absolute Gasteiger partial charge is 0.335 e. The van der Waals surface area contributed by atoms with Crippen molar-refractivity contribution in [2.45, 2.75) is 25.7 Å². The summed E-state index contributed by atoms with van der Waals surface area (Å²) in [6.07, 6.45) is 3.95. The molecule has 1 atom stereocenters. The Balaban J connectivity index is 1.62. The Labute approximate surface area is 140 Å². The van der Waals surface area contributed by atoms with Gasteiger partial charge in [0.25, 0.3) is 5.91 Å². The highest BCUT2D eigenvalue weighted by Gasteiger charge is 2.30. The number of hydrogen-bond acceptors (Lipinski definition) is 3. The van der Waals surface area contributed by atoms with Gasteiger partial charge in [-0.05, 0) is 49.8 Å². The highest BCUT2D eigenvalue weighted by atomic mass is 16.4. The van der Waals surface area contributed by atoms with Crippen LogP contribution in [0.25, 0.3) is 0 Å². The monoisotopic (exact) mass is 330 g/mol. The normalized spacial score (nSPS) is 20.5. The first kappa shape index (κ1) is 16.5. The summed E-state index contributed by atoms with van der Waals surface area (Å²) in [7, 11) is 0. The Morgan fingerprint density at radius 2 is 1.92 bits per heavy atom. The van der Waals surface area contributed by atoms with Crippen molar-refractivity contribution in [1.29, 1.82) is 0 Å². The van der Waals surface area contributed by atoms with Crippen molar-refractivity contribution in [3.63, 3.8) is 0 Å². The van der Waals surface area contributed by atoms with Gasteiger partial charge >= 0.3 is 5.97 Å². The maximum Gasteiger partial charge on any atom is 0.335 e. The SMILES string of the molecule is O=C(O)c1cccc(C(=O)N2CCCC(C(=O)NCC3CC3)C2)c1. The lowest BCUT2D eigenvalue weighted by Gasteiger charge is -2.32. The van der Waals surface area contributed by atoms with Gasteiger partial charge in [0.2, 0.25) is 5.91 Å². The fourth-order valence-corrected chi connectivity index (χ4v) is 3.05. The van der Waals surface area contributed by atoms with E-state index in [9.17, 15) is 14.4 Å². The summed E-state index contributed by atoms with van der Waals surface area (Å²) in [5, 5.41) is 12.0. The molecule has 1 heterocycles. The van der Waals surface area contributed by atoms with Crippen molar-refractivity contribution in [3.05, 3.63) is 35.4 Å². The molecule has 1 unspecified atom stereocenters. The number of rotatable bonds is 5. The largest absolute Gasteiger partial charge is 0.478 e. The van der Waals surface area contributed by atoms with E-state index in [0.717, 1.165) is 19.4 Å². The van der Waals surface area contributed by atoms with Gasteiger partial charge in [0.1, 0.15) is 0 Å². The molecule has 0 radical (unpaired) electrons. The number of carboxylic acid groups (broad SMARTS) is 1. The lowest BCUT2D eigenvalue weighted by molar-refractivity contribution is -0.126. The Hall–Kier alpha value is -2.37. The Morgan fingerprint density at radius 1 is 1.17 bits per heavy atom. The zero-order chi connectivity index (χ0) is 17.1. The number of likely N-dealkylation sites (tertiary alicyclic amines) is 1.